The largest absolute Gasteiger partial charge is 0.391 e. The van der Waals surface area contributed by atoms with Crippen LogP contribution in [0.1, 0.15) is 36.0 Å². The molecule has 8 heteroatoms. The number of hydrogen-bond donors (Lipinski definition) is 2. The van der Waals surface area contributed by atoms with Crippen molar-refractivity contribution in [2.75, 3.05) is 0 Å². The SMILES string of the molecule is O=C(N[C@@H]1CCCC[C@H]1O)c1cc(-c2ccc(Cl)cc2)nn(-c2cccc(F)c2)c1=O. The van der Waals surface area contributed by atoms with Crippen molar-refractivity contribution in [3.63, 3.8) is 0 Å². The Morgan fingerprint density at radius 3 is 2.58 bits per heavy atom. The van der Waals surface area contributed by atoms with Gasteiger partial charge in [-0.05, 0) is 49.2 Å². The molecule has 1 heterocycles. The fourth-order valence-electron chi connectivity index (χ4n) is 3.73. The highest BCUT2D eigenvalue weighted by molar-refractivity contribution is 6.30. The van der Waals surface area contributed by atoms with E-state index in [1.807, 2.05) is 0 Å². The molecule has 1 aliphatic rings. The molecular formula is C23H21ClFN3O3. The summed E-state index contributed by atoms with van der Waals surface area (Å²) in [5.74, 6) is -1.13. The molecule has 1 fully saturated rings. The maximum absolute atomic E-state index is 13.8. The first-order valence-corrected chi connectivity index (χ1v) is 10.5. The van der Waals surface area contributed by atoms with Crippen molar-refractivity contribution in [2.24, 2.45) is 0 Å². The van der Waals surface area contributed by atoms with E-state index in [2.05, 4.69) is 10.4 Å². The highest BCUT2D eigenvalue weighted by Crippen LogP contribution is 2.22. The molecule has 0 saturated heterocycles. The average molecular weight is 442 g/mol. The number of aliphatic hydroxyl groups is 1. The third-order valence-corrected chi connectivity index (χ3v) is 5.65. The van der Waals surface area contributed by atoms with Crippen LogP contribution in [0, 0.1) is 5.82 Å². The summed E-state index contributed by atoms with van der Waals surface area (Å²) >= 11 is 5.97. The molecule has 0 spiro atoms. The van der Waals surface area contributed by atoms with Crippen molar-refractivity contribution in [3.05, 3.63) is 81.4 Å². The highest BCUT2D eigenvalue weighted by atomic mass is 35.5. The van der Waals surface area contributed by atoms with Crippen LogP contribution in [-0.2, 0) is 0 Å². The van der Waals surface area contributed by atoms with Gasteiger partial charge in [0, 0.05) is 10.6 Å². The number of rotatable bonds is 4. The molecule has 2 atom stereocenters. The number of hydrogen-bond acceptors (Lipinski definition) is 4. The molecule has 1 amide bonds. The van der Waals surface area contributed by atoms with Gasteiger partial charge in [0.15, 0.2) is 0 Å². The molecule has 0 radical (unpaired) electrons. The molecule has 1 aliphatic carbocycles. The zero-order valence-electron chi connectivity index (χ0n) is 16.6. The Kier molecular flexibility index (Phi) is 6.15. The van der Waals surface area contributed by atoms with E-state index in [1.165, 1.54) is 30.3 Å². The second-order valence-electron chi connectivity index (χ2n) is 7.58. The number of benzene rings is 2. The maximum atomic E-state index is 13.8. The maximum Gasteiger partial charge on any atom is 0.284 e. The topological polar surface area (TPSA) is 84.2 Å². The first-order chi connectivity index (χ1) is 14.9. The van der Waals surface area contributed by atoms with Gasteiger partial charge in [-0.2, -0.15) is 9.78 Å². The van der Waals surface area contributed by atoms with Gasteiger partial charge in [0.1, 0.15) is 11.4 Å². The highest BCUT2D eigenvalue weighted by Gasteiger charge is 2.26. The number of halogens is 2. The van der Waals surface area contributed by atoms with Crippen LogP contribution in [0.25, 0.3) is 16.9 Å². The minimum atomic E-state index is -0.675. The fourth-order valence-corrected chi connectivity index (χ4v) is 3.85. The second kappa shape index (κ2) is 8.99. The monoisotopic (exact) mass is 441 g/mol. The smallest absolute Gasteiger partial charge is 0.284 e. The van der Waals surface area contributed by atoms with Crippen LogP contribution >= 0.6 is 11.6 Å². The normalized spacial score (nSPS) is 18.5. The second-order valence-corrected chi connectivity index (χ2v) is 8.02. The van der Waals surface area contributed by atoms with Crippen LogP contribution in [0.4, 0.5) is 4.39 Å². The number of nitrogens with one attached hydrogen (secondary N) is 1. The first kappa shape index (κ1) is 21.2. The van der Waals surface area contributed by atoms with Crippen molar-refractivity contribution in [1.29, 1.82) is 0 Å². The van der Waals surface area contributed by atoms with E-state index < -0.39 is 29.4 Å². The predicted octanol–water partition coefficient (Wildman–Crippen LogP) is 3.73. The molecule has 1 aromatic heterocycles. The third kappa shape index (κ3) is 4.68. The molecule has 4 rings (SSSR count). The summed E-state index contributed by atoms with van der Waals surface area (Å²) in [7, 11) is 0. The Bertz CT molecular complexity index is 1160. The fraction of sp³-hybridized carbons (Fsp3) is 0.261. The summed E-state index contributed by atoms with van der Waals surface area (Å²) in [5, 5.41) is 17.9. The Labute approximate surface area is 183 Å². The van der Waals surface area contributed by atoms with Gasteiger partial charge >= 0.3 is 0 Å². The predicted molar refractivity (Wildman–Crippen MR) is 116 cm³/mol. The van der Waals surface area contributed by atoms with Gasteiger partial charge in [0.2, 0.25) is 0 Å². The van der Waals surface area contributed by atoms with Crippen molar-refractivity contribution in [1.82, 2.24) is 15.1 Å². The molecule has 3 aromatic rings. The van der Waals surface area contributed by atoms with Crippen molar-refractivity contribution < 1.29 is 14.3 Å². The zero-order valence-corrected chi connectivity index (χ0v) is 17.3. The molecule has 0 unspecified atom stereocenters. The summed E-state index contributed by atoms with van der Waals surface area (Å²) in [5.41, 5.74) is 0.386. The van der Waals surface area contributed by atoms with Crippen LogP contribution in [0.5, 0.6) is 0 Å². The zero-order chi connectivity index (χ0) is 22.0. The van der Waals surface area contributed by atoms with E-state index in [4.69, 9.17) is 11.6 Å². The van der Waals surface area contributed by atoms with E-state index in [9.17, 15) is 19.1 Å². The van der Waals surface area contributed by atoms with Gasteiger partial charge in [-0.1, -0.05) is 42.6 Å². The molecule has 2 N–H and O–H groups in total. The van der Waals surface area contributed by atoms with Gasteiger partial charge in [-0.15, -0.1) is 0 Å². The van der Waals surface area contributed by atoms with Gasteiger partial charge in [0.25, 0.3) is 11.5 Å². The molecule has 31 heavy (non-hydrogen) atoms. The van der Waals surface area contributed by atoms with Gasteiger partial charge in [0.05, 0.1) is 23.5 Å². The van der Waals surface area contributed by atoms with Crippen LogP contribution in [0.15, 0.2) is 59.4 Å². The van der Waals surface area contributed by atoms with Gasteiger partial charge < -0.3 is 10.4 Å². The minimum Gasteiger partial charge on any atom is -0.391 e. The lowest BCUT2D eigenvalue weighted by Crippen LogP contribution is -2.46. The number of aliphatic hydroxyl groups excluding tert-OH is 1. The number of aromatic nitrogens is 2. The molecule has 6 nitrogen and oxygen atoms in total. The van der Waals surface area contributed by atoms with Crippen LogP contribution in [0.2, 0.25) is 5.02 Å². The van der Waals surface area contributed by atoms with Crippen LogP contribution in [-0.4, -0.2) is 32.9 Å². The van der Waals surface area contributed by atoms with E-state index in [0.29, 0.717) is 29.1 Å². The molecular weight excluding hydrogens is 421 g/mol. The van der Waals surface area contributed by atoms with E-state index in [0.717, 1.165) is 17.5 Å². The summed E-state index contributed by atoms with van der Waals surface area (Å²) in [6.07, 6.45) is 2.38. The summed E-state index contributed by atoms with van der Waals surface area (Å²) in [4.78, 5) is 26.1. The molecule has 160 valence electrons. The van der Waals surface area contributed by atoms with Crippen molar-refractivity contribution in [3.8, 4) is 16.9 Å². The number of carbonyl (C=O) groups is 1. The van der Waals surface area contributed by atoms with E-state index in [-0.39, 0.29) is 11.3 Å². The van der Waals surface area contributed by atoms with E-state index in [1.54, 1.807) is 24.3 Å². The Hall–Kier alpha value is -3.03. The molecule has 0 bridgehead atoms. The number of nitrogens with zero attached hydrogens (tertiary/aromatic N) is 2. The number of carbonyl (C=O) groups excluding carboxylic acids is 1. The lowest BCUT2D eigenvalue weighted by molar-refractivity contribution is 0.0716. The minimum absolute atomic E-state index is 0.137. The summed E-state index contributed by atoms with van der Waals surface area (Å²) in [6.45, 7) is 0. The Morgan fingerprint density at radius 1 is 1.13 bits per heavy atom. The van der Waals surface area contributed by atoms with Gasteiger partial charge in [-0.3, -0.25) is 9.59 Å². The third-order valence-electron chi connectivity index (χ3n) is 5.39. The van der Waals surface area contributed by atoms with Crippen molar-refractivity contribution in [2.45, 2.75) is 37.8 Å². The first-order valence-electron chi connectivity index (χ1n) is 10.1. The van der Waals surface area contributed by atoms with E-state index >= 15 is 0 Å². The number of amides is 1. The quantitative estimate of drug-likeness (QED) is 0.646. The van der Waals surface area contributed by atoms with Crippen LogP contribution in [0.3, 0.4) is 0 Å². The molecule has 2 aromatic carbocycles. The van der Waals surface area contributed by atoms with Crippen molar-refractivity contribution >= 4 is 17.5 Å². The van der Waals surface area contributed by atoms with Crippen LogP contribution < -0.4 is 10.9 Å². The standard InChI is InChI=1S/C23H21ClFN3O3/c24-15-10-8-14(9-11-15)20-13-18(22(30)26-19-6-1-2-7-21(19)29)23(31)28(27-20)17-5-3-4-16(25)12-17/h3-5,8-13,19,21,29H,1-2,6-7H2,(H,26,30)/t19-,21-/m1/s1. The summed E-state index contributed by atoms with van der Waals surface area (Å²) < 4.78 is 14.8. The van der Waals surface area contributed by atoms with Gasteiger partial charge in [-0.25, -0.2) is 4.39 Å². The lowest BCUT2D eigenvalue weighted by atomic mass is 9.92. The molecule has 0 aliphatic heterocycles. The average Bonchev–Trinajstić information content (AvgIpc) is 2.76. The Balaban J connectivity index is 1.80. The summed E-state index contributed by atoms with van der Waals surface area (Å²) in [6, 6.07) is 13.2. The lowest BCUT2D eigenvalue weighted by Gasteiger charge is -2.28. The Morgan fingerprint density at radius 2 is 1.87 bits per heavy atom. The molecule has 1 saturated carbocycles.